The molecule has 0 aromatic heterocycles. The minimum Gasteiger partial charge on any atom is 1.00 e. The van der Waals surface area contributed by atoms with E-state index in [0.717, 1.165) is 0 Å². The van der Waals surface area contributed by atoms with Crippen LogP contribution in [0.1, 0.15) is 0 Å². The summed E-state index contributed by atoms with van der Waals surface area (Å²) >= 11 is -11.5. The van der Waals surface area contributed by atoms with E-state index >= 15 is 0 Å². The molecule has 0 aliphatic heterocycles. The Morgan fingerprint density at radius 2 is 0.500 bits per heavy atom. The second-order valence-corrected chi connectivity index (χ2v) is 4.24. The van der Waals surface area contributed by atoms with E-state index in [1.165, 1.54) is 0 Å². The van der Waals surface area contributed by atoms with Crippen LogP contribution in [0.2, 0.25) is 0 Å². The van der Waals surface area contributed by atoms with Gasteiger partial charge in [0.05, 0.1) is 0 Å². The molecule has 0 saturated heterocycles. The summed E-state index contributed by atoms with van der Waals surface area (Å²) in [6, 6.07) is 0. The van der Waals surface area contributed by atoms with E-state index in [1.54, 1.807) is 0 Å². The van der Waals surface area contributed by atoms with Gasteiger partial charge in [-0.2, -0.15) is 0 Å². The van der Waals surface area contributed by atoms with E-state index in [4.69, 9.17) is 32.1 Å². The molecule has 8 nitrogen and oxygen atoms in total. The van der Waals surface area contributed by atoms with E-state index in [-0.39, 0.29) is 75.4 Å². The Kier molecular flexibility index (Phi) is 39.7. The van der Waals surface area contributed by atoms with Gasteiger partial charge in [-0.15, -0.1) is 0 Å². The van der Waals surface area contributed by atoms with Crippen LogP contribution < -0.4 is 92.2 Å². The van der Waals surface area contributed by atoms with E-state index < -0.39 is 26.7 Å². The molecule has 0 aromatic rings. The summed E-state index contributed by atoms with van der Waals surface area (Å²) in [5, 5.41) is 0. The molecule has 64 valence electrons. The van der Waals surface area contributed by atoms with Gasteiger partial charge in [0.25, 0.3) is 0 Å². The molecule has 0 radical (unpaired) electrons. The maximum Gasteiger partial charge on any atom is 1.00 e. The smallest absolute Gasteiger partial charge is 1.00 e. The first-order valence-electron chi connectivity index (χ1n) is 1.33. The minimum atomic E-state index is -5.75. The van der Waals surface area contributed by atoms with Crippen molar-refractivity contribution in [3.63, 3.8) is 0 Å². The van der Waals surface area contributed by atoms with Crippen molar-refractivity contribution in [1.29, 1.82) is 0 Å². The van der Waals surface area contributed by atoms with E-state index in [1.807, 2.05) is 0 Å². The molecule has 0 aliphatic carbocycles. The largest absolute Gasteiger partial charge is 1.00 e. The van der Waals surface area contributed by atoms with Gasteiger partial charge in [-0.25, -0.2) is 0 Å². The molecule has 0 aromatic carbocycles. The van der Waals surface area contributed by atoms with Crippen LogP contribution in [-0.2, 0) is 15.3 Å². The van der Waals surface area contributed by atoms with Crippen LogP contribution in [0, 0.1) is 0 Å². The zero-order valence-corrected chi connectivity index (χ0v) is 11.5. The van der Waals surface area contributed by atoms with Crippen molar-refractivity contribution >= 4 is 26.7 Å². The van der Waals surface area contributed by atoms with Gasteiger partial charge in [0.1, 0.15) is 0 Å². The fourth-order valence-corrected chi connectivity index (χ4v) is 0. The minimum absolute atomic E-state index is 0. The van der Waals surface area contributed by atoms with Gasteiger partial charge in [-0.3, -0.25) is 0 Å². The number of rotatable bonds is 0. The zero-order valence-electron chi connectivity index (χ0n) is 8.08. The molecule has 0 aliphatic rings. The second kappa shape index (κ2) is 15.5. The molecule has 0 saturated carbocycles. The zero-order chi connectivity index (χ0) is 9.00. The van der Waals surface area contributed by atoms with Crippen LogP contribution >= 0.6 is 0 Å². The van der Waals surface area contributed by atoms with Crippen LogP contribution in [0.15, 0.2) is 0 Å². The molecule has 14 heavy (non-hydrogen) atoms. The van der Waals surface area contributed by atoms with Gasteiger partial charge in [0.2, 0.25) is 0 Å². The van der Waals surface area contributed by atoms with Crippen molar-refractivity contribution < 1.29 is 108 Å². The Morgan fingerprint density at radius 3 is 0.500 bits per heavy atom. The van der Waals surface area contributed by atoms with Gasteiger partial charge >= 0.3 is 134 Å². The fraction of sp³-hybridized carbons (Fsp3) is 0. The van der Waals surface area contributed by atoms with Crippen LogP contribution in [-0.4, -0.2) is 26.7 Å². The molecule has 0 amide bonds. The van der Waals surface area contributed by atoms with Crippen molar-refractivity contribution in [2.45, 2.75) is 0 Å². The Morgan fingerprint density at radius 1 is 0.500 bits per heavy atom. The summed E-state index contributed by atoms with van der Waals surface area (Å²) in [6.45, 7) is 0. The first-order valence-corrected chi connectivity index (χ1v) is 6.93. The van der Waals surface area contributed by atoms with Crippen molar-refractivity contribution in [2.24, 2.45) is 0 Å². The topological polar surface area (TPSA) is 161 Å². The molecule has 0 bridgehead atoms. The molecule has 0 atom stereocenters. The molecule has 0 heterocycles. The van der Waals surface area contributed by atoms with Crippen molar-refractivity contribution in [2.75, 3.05) is 0 Å². The van der Waals surface area contributed by atoms with Gasteiger partial charge in [-0.05, 0) is 0 Å². The Bertz CT molecular complexity index is 216. The summed E-state index contributed by atoms with van der Waals surface area (Å²) < 4.78 is 68.8. The summed E-state index contributed by atoms with van der Waals surface area (Å²) in [7, 11) is 0. The first-order chi connectivity index (χ1) is 4.00. The van der Waals surface area contributed by atoms with Crippen molar-refractivity contribution in [1.82, 2.24) is 0 Å². The molecule has 0 fully saturated rings. The van der Waals surface area contributed by atoms with Crippen LogP contribution in [0.4, 0.5) is 0 Å². The van der Waals surface area contributed by atoms with Crippen molar-refractivity contribution in [3.8, 4) is 0 Å². The number of hydrogen-bond acceptors (Lipinski definition) is 8. The SMILES string of the molecule is O=[Se](=O)([O-])[O-].O=[Se](=O)([O-])[O-].[Li+].[Li+].[Li+].[Li+]. The monoisotopic (exact) mass is 316 g/mol. The van der Waals surface area contributed by atoms with Crippen LogP contribution in [0.25, 0.3) is 0 Å². The molecule has 0 rings (SSSR count). The first kappa shape index (κ1) is 36.0. The molecule has 0 unspecified atom stereocenters. The standard InChI is InChI=1S/4Li.2H2O4Se/c;;;;2*1-5(2,3)4/h;;;;2*(H2,1,2,3,4)/q4*+1;;/p-4. The molecular weight excluding hydrogens is 314 g/mol. The number of hydrogen-bond donors (Lipinski definition) is 0. The summed E-state index contributed by atoms with van der Waals surface area (Å²) in [4.78, 5) is 0. The second-order valence-electron chi connectivity index (χ2n) is 0.816. The Labute approximate surface area is 132 Å². The third-order valence-electron chi connectivity index (χ3n) is 0. The molecule has 0 N–H and O–H groups in total. The Hall–Kier alpha value is 2.47. The summed E-state index contributed by atoms with van der Waals surface area (Å²) in [5.74, 6) is 0. The third-order valence-corrected chi connectivity index (χ3v) is 0. The maximum atomic E-state index is 8.59. The third kappa shape index (κ3) is 431. The van der Waals surface area contributed by atoms with E-state index in [9.17, 15) is 0 Å². The normalized spacial score (nSPS) is 8.29. The molecular formula is Li4O8Se2. The summed E-state index contributed by atoms with van der Waals surface area (Å²) in [6.07, 6.45) is 0. The predicted molar refractivity (Wildman–Crippen MR) is 14.3 cm³/mol. The van der Waals surface area contributed by atoms with Gasteiger partial charge in [-0.1, -0.05) is 0 Å². The quantitative estimate of drug-likeness (QED) is 0.398. The van der Waals surface area contributed by atoms with Gasteiger partial charge < -0.3 is 0 Å². The average molecular weight is 314 g/mol. The predicted octanol–water partition coefficient (Wildman–Crippen LogP) is -18.0. The average Bonchev–Trinajstić information content (AvgIpc) is 1.12. The van der Waals surface area contributed by atoms with Gasteiger partial charge in [0, 0.05) is 0 Å². The van der Waals surface area contributed by atoms with E-state index in [0.29, 0.717) is 0 Å². The van der Waals surface area contributed by atoms with Gasteiger partial charge in [0.15, 0.2) is 0 Å². The molecule has 0 spiro atoms. The Balaban J connectivity index is -0.0000000178. The van der Waals surface area contributed by atoms with Crippen LogP contribution in [0.3, 0.4) is 0 Å². The van der Waals surface area contributed by atoms with Crippen LogP contribution in [0.5, 0.6) is 0 Å². The summed E-state index contributed by atoms with van der Waals surface area (Å²) in [5.41, 5.74) is 0. The molecule has 14 heteroatoms. The van der Waals surface area contributed by atoms with Crippen molar-refractivity contribution in [3.05, 3.63) is 0 Å². The van der Waals surface area contributed by atoms with E-state index in [2.05, 4.69) is 0 Å². The fourth-order valence-electron chi connectivity index (χ4n) is 0. The maximum absolute atomic E-state index is 8.59.